The number of carbonyl (C=O) groups is 2. The van der Waals surface area contributed by atoms with E-state index in [2.05, 4.69) is 20.2 Å². The number of aromatic nitrogens is 2. The summed E-state index contributed by atoms with van der Waals surface area (Å²) in [5, 5.41) is 3.33. The number of fused-ring (bicyclic) bond motifs is 6. The first-order valence-corrected chi connectivity index (χ1v) is 15.7. The lowest BCUT2D eigenvalue weighted by atomic mass is 9.91. The topological polar surface area (TPSA) is 119 Å². The highest BCUT2D eigenvalue weighted by molar-refractivity contribution is 6.04. The first kappa shape index (κ1) is 31.1. The van der Waals surface area contributed by atoms with Crippen LogP contribution in [0.1, 0.15) is 65.5 Å². The zero-order valence-electron chi connectivity index (χ0n) is 27.2. The van der Waals surface area contributed by atoms with Gasteiger partial charge in [0.1, 0.15) is 40.3 Å². The molecule has 1 N–H and O–H groups in total. The molecule has 2 unspecified atom stereocenters. The largest absolute Gasteiger partial charge is 0.444 e. The Balaban J connectivity index is 1.31. The van der Waals surface area contributed by atoms with Crippen LogP contribution in [0.15, 0.2) is 28.9 Å². The number of halogens is 2. The molecule has 13 heteroatoms. The van der Waals surface area contributed by atoms with Crippen molar-refractivity contribution >= 4 is 45.8 Å². The van der Waals surface area contributed by atoms with Crippen LogP contribution in [0.5, 0.6) is 0 Å². The molecule has 7 rings (SSSR count). The van der Waals surface area contributed by atoms with E-state index in [-0.39, 0.29) is 64.9 Å². The number of piperazine rings is 1. The molecule has 2 aromatic heterocycles. The standard InChI is InChI=1S/C34H37F2N5O6/c1-33(2,3)46-31(42)39-24-11-19-23(45-24)10-9-22(35)25(19)26-20-14-44-15-21(20)27-29(28(26)36)37-16-38-30(27)41-17-7-8-18(41)13-40(12-17)32(43)47-34(4,5)6/h9-11,16-18H,7-8,12-15H2,1-6H3,(H,39,42). The average molecular weight is 650 g/mol. The number of hydrogen-bond acceptors (Lipinski definition) is 9. The Morgan fingerprint density at radius 3 is 2.30 bits per heavy atom. The van der Waals surface area contributed by atoms with Gasteiger partial charge < -0.3 is 28.4 Å². The van der Waals surface area contributed by atoms with Crippen LogP contribution < -0.4 is 10.2 Å². The molecular weight excluding hydrogens is 612 g/mol. The van der Waals surface area contributed by atoms with Gasteiger partial charge in [0.25, 0.3) is 0 Å². The van der Waals surface area contributed by atoms with E-state index in [1.807, 2.05) is 20.8 Å². The maximum atomic E-state index is 16.9. The van der Waals surface area contributed by atoms with Crippen LogP contribution >= 0.6 is 0 Å². The third kappa shape index (κ3) is 5.60. The molecule has 47 heavy (non-hydrogen) atoms. The van der Waals surface area contributed by atoms with Crippen molar-refractivity contribution < 1.29 is 37.0 Å². The molecular formula is C34H37F2N5O6. The second kappa shape index (κ2) is 11.0. The van der Waals surface area contributed by atoms with Gasteiger partial charge >= 0.3 is 12.2 Å². The van der Waals surface area contributed by atoms with Crippen LogP contribution in [-0.2, 0) is 27.4 Å². The van der Waals surface area contributed by atoms with Crippen molar-refractivity contribution in [2.24, 2.45) is 0 Å². The van der Waals surface area contributed by atoms with Crippen LogP contribution in [0.3, 0.4) is 0 Å². The third-order valence-corrected chi connectivity index (χ3v) is 8.62. The zero-order chi connectivity index (χ0) is 33.4. The number of anilines is 2. The summed E-state index contributed by atoms with van der Waals surface area (Å²) in [5.74, 6) is -0.771. The predicted octanol–water partition coefficient (Wildman–Crippen LogP) is 7.29. The van der Waals surface area contributed by atoms with Crippen LogP contribution in [-0.4, -0.2) is 63.4 Å². The summed E-state index contributed by atoms with van der Waals surface area (Å²) in [7, 11) is 0. The summed E-state index contributed by atoms with van der Waals surface area (Å²) in [5.41, 5.74) is 0.151. The van der Waals surface area contributed by atoms with Gasteiger partial charge in [0, 0.05) is 47.8 Å². The lowest BCUT2D eigenvalue weighted by Crippen LogP contribution is -2.56. The smallest absolute Gasteiger partial charge is 0.414 e. The second-order valence-corrected chi connectivity index (χ2v) is 14.3. The van der Waals surface area contributed by atoms with Crippen molar-refractivity contribution in [2.45, 2.75) is 90.9 Å². The Morgan fingerprint density at radius 1 is 0.936 bits per heavy atom. The highest BCUT2D eigenvalue weighted by Gasteiger charge is 2.44. The molecule has 11 nitrogen and oxygen atoms in total. The first-order valence-electron chi connectivity index (χ1n) is 15.7. The highest BCUT2D eigenvalue weighted by Crippen LogP contribution is 2.47. The lowest BCUT2D eigenvalue weighted by molar-refractivity contribution is 0.0209. The van der Waals surface area contributed by atoms with E-state index in [4.69, 9.17) is 18.6 Å². The average Bonchev–Trinajstić information content (AvgIpc) is 3.67. The van der Waals surface area contributed by atoms with Gasteiger partial charge in [-0.15, -0.1) is 0 Å². The molecule has 4 aromatic rings. The van der Waals surface area contributed by atoms with Crippen molar-refractivity contribution in [3.8, 4) is 11.1 Å². The summed E-state index contributed by atoms with van der Waals surface area (Å²) >= 11 is 0. The minimum atomic E-state index is -0.742. The summed E-state index contributed by atoms with van der Waals surface area (Å²) in [4.78, 5) is 38.3. The van der Waals surface area contributed by atoms with Crippen LogP contribution in [0.4, 0.5) is 30.1 Å². The van der Waals surface area contributed by atoms with Gasteiger partial charge in [-0.05, 0) is 77.6 Å². The number of amides is 2. The Kier molecular flexibility index (Phi) is 7.30. The maximum absolute atomic E-state index is 16.9. The number of carbonyl (C=O) groups excluding carboxylic acids is 2. The lowest BCUT2D eigenvalue weighted by Gasteiger charge is -2.42. The quantitative estimate of drug-likeness (QED) is 0.244. The van der Waals surface area contributed by atoms with Gasteiger partial charge in [-0.1, -0.05) is 0 Å². The van der Waals surface area contributed by atoms with Crippen LogP contribution in [0, 0.1) is 11.6 Å². The minimum Gasteiger partial charge on any atom is -0.444 e. The fraction of sp³-hybridized carbons (Fsp3) is 0.471. The molecule has 0 spiro atoms. The number of furan rings is 1. The van der Waals surface area contributed by atoms with E-state index in [1.54, 1.807) is 25.7 Å². The molecule has 2 aromatic carbocycles. The van der Waals surface area contributed by atoms with E-state index in [9.17, 15) is 9.59 Å². The molecule has 0 aliphatic carbocycles. The van der Waals surface area contributed by atoms with E-state index in [1.165, 1.54) is 24.5 Å². The molecule has 3 aliphatic rings. The van der Waals surface area contributed by atoms with Crippen molar-refractivity contribution in [1.29, 1.82) is 0 Å². The van der Waals surface area contributed by atoms with Gasteiger partial charge in [-0.25, -0.2) is 28.3 Å². The van der Waals surface area contributed by atoms with Crippen LogP contribution in [0.25, 0.3) is 33.0 Å². The molecule has 2 bridgehead atoms. The van der Waals surface area contributed by atoms with Crippen LogP contribution in [0.2, 0.25) is 0 Å². The monoisotopic (exact) mass is 649 g/mol. The fourth-order valence-corrected chi connectivity index (χ4v) is 6.93. The number of likely N-dealkylation sites (tertiary alicyclic amines) is 1. The molecule has 2 atom stereocenters. The van der Waals surface area contributed by atoms with Crippen molar-refractivity contribution in [3.05, 3.63) is 47.3 Å². The molecule has 2 fully saturated rings. The molecule has 5 heterocycles. The van der Waals surface area contributed by atoms with E-state index < -0.39 is 28.9 Å². The molecule has 0 radical (unpaired) electrons. The summed E-state index contributed by atoms with van der Waals surface area (Å²) < 4.78 is 55.3. The minimum absolute atomic E-state index is 0.0177. The number of ether oxygens (including phenoxy) is 3. The normalized spacial score (nSPS) is 19.4. The Morgan fingerprint density at radius 2 is 1.62 bits per heavy atom. The second-order valence-electron chi connectivity index (χ2n) is 14.3. The Labute approximate surface area is 270 Å². The number of benzene rings is 2. The van der Waals surface area contributed by atoms with Crippen molar-refractivity contribution in [2.75, 3.05) is 23.3 Å². The first-order chi connectivity index (χ1) is 22.2. The van der Waals surface area contributed by atoms with E-state index >= 15 is 8.78 Å². The van der Waals surface area contributed by atoms with Gasteiger partial charge in [0.05, 0.1) is 18.6 Å². The zero-order valence-corrected chi connectivity index (χ0v) is 27.2. The van der Waals surface area contributed by atoms with E-state index in [0.717, 1.165) is 12.8 Å². The number of nitrogens with zero attached hydrogens (tertiary/aromatic N) is 4. The van der Waals surface area contributed by atoms with Crippen molar-refractivity contribution in [3.63, 3.8) is 0 Å². The third-order valence-electron chi connectivity index (χ3n) is 8.62. The SMILES string of the molecule is CC(C)(C)OC(=O)Nc1cc2c(-c3c4c(c5c(N6C7CCC6CN(C(=O)OC(C)(C)C)C7)ncnc5c3F)COC4)c(F)ccc2o1. The summed E-state index contributed by atoms with van der Waals surface area (Å²) in [6, 6.07) is 3.99. The van der Waals surface area contributed by atoms with Crippen molar-refractivity contribution in [1.82, 2.24) is 14.9 Å². The number of hydrogen-bond donors (Lipinski definition) is 1. The highest BCUT2D eigenvalue weighted by atomic mass is 19.1. The molecule has 3 aliphatic heterocycles. The van der Waals surface area contributed by atoms with Gasteiger partial charge in [0.2, 0.25) is 5.88 Å². The predicted molar refractivity (Wildman–Crippen MR) is 170 cm³/mol. The summed E-state index contributed by atoms with van der Waals surface area (Å²) in [6.45, 7) is 11.8. The molecule has 248 valence electrons. The Hall–Kier alpha value is -4.52. The fourth-order valence-electron chi connectivity index (χ4n) is 6.93. The van der Waals surface area contributed by atoms with E-state index in [0.29, 0.717) is 35.4 Å². The van der Waals surface area contributed by atoms with Gasteiger partial charge in [-0.2, -0.15) is 0 Å². The summed E-state index contributed by atoms with van der Waals surface area (Å²) in [6.07, 6.45) is 1.90. The number of nitrogens with one attached hydrogen (secondary N) is 1. The maximum Gasteiger partial charge on any atom is 0.414 e. The number of rotatable bonds is 3. The molecule has 2 saturated heterocycles. The molecule has 2 amide bonds. The molecule has 0 saturated carbocycles. The van der Waals surface area contributed by atoms with Gasteiger partial charge in [0.15, 0.2) is 5.82 Å². The van der Waals surface area contributed by atoms with Gasteiger partial charge in [-0.3, -0.25) is 5.32 Å². The Bertz CT molecular complexity index is 1920.